The van der Waals surface area contributed by atoms with Crippen molar-refractivity contribution in [2.45, 2.75) is 12.6 Å². The number of hydrogen-bond donors (Lipinski definition) is 1. The maximum Gasteiger partial charge on any atom is 0.128 e. The zero-order valence-electron chi connectivity index (χ0n) is 18.1. The van der Waals surface area contributed by atoms with Crippen molar-refractivity contribution < 1.29 is 4.42 Å². The van der Waals surface area contributed by atoms with Crippen LogP contribution in [0.3, 0.4) is 0 Å². The first-order valence-electron chi connectivity index (χ1n) is 11.2. The lowest BCUT2D eigenvalue weighted by Gasteiger charge is -2.36. The van der Waals surface area contributed by atoms with Crippen LogP contribution in [0.1, 0.15) is 22.7 Å². The molecule has 1 aliphatic heterocycles. The van der Waals surface area contributed by atoms with Crippen molar-refractivity contribution in [1.29, 1.82) is 0 Å². The Kier molecular flexibility index (Phi) is 6.17. The molecule has 0 saturated carbocycles. The predicted octanol–water partition coefficient (Wildman–Crippen LogP) is 5.20. The van der Waals surface area contributed by atoms with E-state index in [1.165, 1.54) is 22.4 Å². The van der Waals surface area contributed by atoms with Crippen LogP contribution in [0.25, 0.3) is 0 Å². The second-order valence-electron chi connectivity index (χ2n) is 8.19. The monoisotopic (exact) mass is 424 g/mol. The summed E-state index contributed by atoms with van der Waals surface area (Å²) >= 11 is 0. The van der Waals surface area contributed by atoms with Crippen molar-refractivity contribution >= 4 is 11.5 Å². The fourth-order valence-electron chi connectivity index (χ4n) is 4.30. The first kappa shape index (κ1) is 20.3. The van der Waals surface area contributed by atoms with Gasteiger partial charge in [0, 0.05) is 56.2 Å². The summed E-state index contributed by atoms with van der Waals surface area (Å²) < 4.78 is 5.20. The third-order valence-electron chi connectivity index (χ3n) is 6.03. The summed E-state index contributed by atoms with van der Waals surface area (Å²) in [6, 6.07) is 27.5. The number of nitrogens with zero attached hydrogens (tertiary/aromatic N) is 3. The minimum Gasteiger partial charge on any atom is -0.472 e. The number of hydrogen-bond acceptors (Lipinski definition) is 5. The summed E-state index contributed by atoms with van der Waals surface area (Å²) in [5.41, 5.74) is 4.89. The van der Waals surface area contributed by atoms with E-state index in [1.54, 1.807) is 6.26 Å². The summed E-state index contributed by atoms with van der Waals surface area (Å²) in [5.74, 6) is 0.890. The maximum atomic E-state index is 5.20. The fourth-order valence-corrected chi connectivity index (χ4v) is 4.30. The molecule has 5 nitrogen and oxygen atoms in total. The highest BCUT2D eigenvalue weighted by atomic mass is 16.3. The van der Waals surface area contributed by atoms with Gasteiger partial charge in [-0.25, -0.2) is 4.98 Å². The molecule has 0 atom stereocenters. The van der Waals surface area contributed by atoms with E-state index in [2.05, 4.69) is 92.9 Å². The van der Waals surface area contributed by atoms with Crippen LogP contribution in [0, 0.1) is 0 Å². The number of nitrogens with one attached hydrogen (secondary N) is 1. The Morgan fingerprint density at radius 2 is 1.53 bits per heavy atom. The van der Waals surface area contributed by atoms with Gasteiger partial charge in [0.25, 0.3) is 0 Å². The van der Waals surface area contributed by atoms with Crippen LogP contribution in [0.2, 0.25) is 0 Å². The van der Waals surface area contributed by atoms with Gasteiger partial charge >= 0.3 is 0 Å². The van der Waals surface area contributed by atoms with E-state index in [4.69, 9.17) is 4.42 Å². The summed E-state index contributed by atoms with van der Waals surface area (Å²) in [5, 5.41) is 3.67. The van der Waals surface area contributed by atoms with Crippen molar-refractivity contribution in [3.05, 3.63) is 114 Å². The van der Waals surface area contributed by atoms with Gasteiger partial charge in [-0.15, -0.1) is 0 Å². The SMILES string of the molecule is c1ccc(C(Nc2cc(N3CCN(Cc4ccoc4)CC3)ccn2)c2ccccc2)cc1. The van der Waals surface area contributed by atoms with Crippen molar-refractivity contribution in [2.75, 3.05) is 36.4 Å². The Morgan fingerprint density at radius 1 is 0.844 bits per heavy atom. The van der Waals surface area contributed by atoms with Crippen molar-refractivity contribution in [2.24, 2.45) is 0 Å². The van der Waals surface area contributed by atoms with E-state index in [0.717, 1.165) is 38.5 Å². The predicted molar refractivity (Wildman–Crippen MR) is 129 cm³/mol. The van der Waals surface area contributed by atoms with Crippen LogP contribution >= 0.6 is 0 Å². The third kappa shape index (κ3) is 4.84. The number of pyridine rings is 1. The molecule has 0 aliphatic carbocycles. The van der Waals surface area contributed by atoms with Gasteiger partial charge in [-0.3, -0.25) is 4.90 Å². The molecule has 1 fully saturated rings. The first-order chi connectivity index (χ1) is 15.8. The second kappa shape index (κ2) is 9.71. The van der Waals surface area contributed by atoms with Gasteiger partial charge in [-0.2, -0.15) is 0 Å². The molecule has 5 rings (SSSR count). The van der Waals surface area contributed by atoms with Gasteiger partial charge in [0.1, 0.15) is 5.82 Å². The smallest absolute Gasteiger partial charge is 0.128 e. The average molecular weight is 425 g/mol. The molecular formula is C27H28N4O. The zero-order valence-corrected chi connectivity index (χ0v) is 18.1. The van der Waals surface area contributed by atoms with Crippen LogP contribution in [-0.2, 0) is 6.54 Å². The molecule has 1 N–H and O–H groups in total. The van der Waals surface area contributed by atoms with Crippen LogP contribution in [0.15, 0.2) is 102 Å². The lowest BCUT2D eigenvalue weighted by molar-refractivity contribution is 0.249. The Morgan fingerprint density at radius 3 is 2.16 bits per heavy atom. The molecule has 0 amide bonds. The van der Waals surface area contributed by atoms with Gasteiger partial charge in [0.2, 0.25) is 0 Å². The quantitative estimate of drug-likeness (QED) is 0.442. The lowest BCUT2D eigenvalue weighted by Crippen LogP contribution is -2.45. The number of benzene rings is 2. The Bertz CT molecular complexity index is 1050. The highest BCUT2D eigenvalue weighted by Gasteiger charge is 2.19. The number of aromatic nitrogens is 1. The normalized spacial score (nSPS) is 14.6. The van der Waals surface area contributed by atoms with E-state index in [0.29, 0.717) is 0 Å². The van der Waals surface area contributed by atoms with E-state index >= 15 is 0 Å². The van der Waals surface area contributed by atoms with E-state index in [-0.39, 0.29) is 6.04 Å². The molecule has 1 aliphatic rings. The molecule has 2 aromatic heterocycles. The van der Waals surface area contributed by atoms with Gasteiger partial charge < -0.3 is 14.6 Å². The molecule has 0 bridgehead atoms. The Hall–Kier alpha value is -3.57. The van der Waals surface area contributed by atoms with E-state index in [9.17, 15) is 0 Å². The Labute approximate surface area is 189 Å². The topological polar surface area (TPSA) is 44.5 Å². The molecule has 1 saturated heterocycles. The molecule has 0 radical (unpaired) electrons. The number of furan rings is 1. The number of piperazine rings is 1. The van der Waals surface area contributed by atoms with Gasteiger partial charge in [-0.1, -0.05) is 60.7 Å². The van der Waals surface area contributed by atoms with Crippen molar-refractivity contribution in [3.8, 4) is 0 Å². The highest BCUT2D eigenvalue weighted by molar-refractivity contribution is 5.56. The van der Waals surface area contributed by atoms with Gasteiger partial charge in [0.05, 0.1) is 18.6 Å². The van der Waals surface area contributed by atoms with Gasteiger partial charge in [0.15, 0.2) is 0 Å². The molecular weight excluding hydrogens is 396 g/mol. The van der Waals surface area contributed by atoms with E-state index in [1.807, 2.05) is 18.5 Å². The summed E-state index contributed by atoms with van der Waals surface area (Å²) in [6.07, 6.45) is 5.49. The number of anilines is 2. The molecule has 0 unspecified atom stereocenters. The largest absolute Gasteiger partial charge is 0.472 e. The van der Waals surface area contributed by atoms with Gasteiger partial charge in [-0.05, 0) is 23.3 Å². The van der Waals surface area contributed by atoms with Crippen LogP contribution in [-0.4, -0.2) is 36.1 Å². The molecule has 2 aromatic carbocycles. The number of rotatable bonds is 7. The van der Waals surface area contributed by atoms with Crippen molar-refractivity contribution in [3.63, 3.8) is 0 Å². The fraction of sp³-hybridized carbons (Fsp3) is 0.222. The maximum absolute atomic E-state index is 5.20. The highest BCUT2D eigenvalue weighted by Crippen LogP contribution is 2.28. The molecule has 0 spiro atoms. The first-order valence-corrected chi connectivity index (χ1v) is 11.2. The minimum atomic E-state index is 0.0481. The summed E-state index contributed by atoms with van der Waals surface area (Å²) in [6.45, 7) is 5.02. The zero-order chi connectivity index (χ0) is 21.6. The van der Waals surface area contributed by atoms with Crippen molar-refractivity contribution in [1.82, 2.24) is 9.88 Å². The summed E-state index contributed by atoms with van der Waals surface area (Å²) in [4.78, 5) is 9.55. The standard InChI is InChI=1S/C27H28N4O/c1-3-7-23(8-4-1)27(24-9-5-2-6-10-24)29-26-19-25(11-13-28-26)31-16-14-30(15-17-31)20-22-12-18-32-21-22/h1-13,18-19,21,27H,14-17,20H2,(H,28,29). The molecule has 5 heteroatoms. The van der Waals surface area contributed by atoms with Crippen LogP contribution in [0.5, 0.6) is 0 Å². The average Bonchev–Trinajstić information content (AvgIpc) is 3.37. The molecule has 4 aromatic rings. The molecule has 162 valence electrons. The summed E-state index contributed by atoms with van der Waals surface area (Å²) in [7, 11) is 0. The van der Waals surface area contributed by atoms with Crippen LogP contribution < -0.4 is 10.2 Å². The molecule has 3 heterocycles. The lowest BCUT2D eigenvalue weighted by atomic mass is 9.99. The third-order valence-corrected chi connectivity index (χ3v) is 6.03. The second-order valence-corrected chi connectivity index (χ2v) is 8.19. The van der Waals surface area contributed by atoms with Crippen LogP contribution in [0.4, 0.5) is 11.5 Å². The minimum absolute atomic E-state index is 0.0481. The molecule has 32 heavy (non-hydrogen) atoms. The van der Waals surface area contributed by atoms with E-state index < -0.39 is 0 Å². The Balaban J connectivity index is 1.29.